The summed E-state index contributed by atoms with van der Waals surface area (Å²) in [7, 11) is 0. The van der Waals surface area contributed by atoms with Crippen molar-refractivity contribution in [3.05, 3.63) is 41.9 Å². The number of piperidine rings is 1. The number of imidazole rings is 1. The highest BCUT2D eigenvalue weighted by Gasteiger charge is 2.61. The number of rotatable bonds is 5. The Morgan fingerprint density at radius 3 is 2.56 bits per heavy atom. The zero-order valence-corrected chi connectivity index (χ0v) is 21.6. The minimum Gasteiger partial charge on any atom is -0.444 e. The molecule has 3 atom stereocenters. The van der Waals surface area contributed by atoms with Crippen molar-refractivity contribution in [2.75, 3.05) is 13.1 Å². The van der Waals surface area contributed by atoms with Gasteiger partial charge in [0.1, 0.15) is 11.4 Å². The van der Waals surface area contributed by atoms with Gasteiger partial charge in [0.25, 0.3) is 0 Å². The Balaban J connectivity index is 1.25. The summed E-state index contributed by atoms with van der Waals surface area (Å²) in [5.41, 5.74) is -0.192. The lowest BCUT2D eigenvalue weighted by Crippen LogP contribution is -2.45. The van der Waals surface area contributed by atoms with Gasteiger partial charge >= 0.3 is 6.09 Å². The number of fused-ring (bicyclic) bond motifs is 2. The maximum atomic E-state index is 13.2. The van der Waals surface area contributed by atoms with Crippen LogP contribution in [0.4, 0.5) is 4.79 Å². The second-order valence-corrected chi connectivity index (χ2v) is 12.6. The summed E-state index contributed by atoms with van der Waals surface area (Å²) in [4.78, 5) is 37.3. The largest absolute Gasteiger partial charge is 0.444 e. The summed E-state index contributed by atoms with van der Waals surface area (Å²) < 4.78 is 8.48. The van der Waals surface area contributed by atoms with Gasteiger partial charge in [-0.15, -0.1) is 11.3 Å². The van der Waals surface area contributed by atoms with Gasteiger partial charge in [-0.3, -0.25) is 4.79 Å². The lowest BCUT2D eigenvalue weighted by atomic mass is 10.0. The summed E-state index contributed by atoms with van der Waals surface area (Å²) in [5, 5.41) is 5.18. The van der Waals surface area contributed by atoms with Gasteiger partial charge in [0.2, 0.25) is 5.91 Å². The highest BCUT2D eigenvalue weighted by Crippen LogP contribution is 2.52. The SMILES string of the molecule is CC(C)(C)OC(=O)N1C[C@@H]2[C@H](C1)[C@H]2C(=O)NC(C)(C)c1ncc2c(Sc3nccs3)cccn12. The molecule has 2 amide bonds. The standard InChI is InChI=1S/C24H29N5O3S2/c1-23(2,3)32-22(31)28-12-14-15(13-28)18(14)19(30)27-24(4,5)20-26-11-16-17(7-6-9-29(16)20)34-21-25-8-10-33-21/h6-11,14-15,18H,12-13H2,1-5H3,(H,27,30)/t14-,15+,18+. The van der Waals surface area contributed by atoms with Crippen molar-refractivity contribution in [1.29, 1.82) is 0 Å². The van der Waals surface area contributed by atoms with Crippen LogP contribution in [0.25, 0.3) is 5.52 Å². The van der Waals surface area contributed by atoms with E-state index in [4.69, 9.17) is 4.74 Å². The fourth-order valence-electron chi connectivity index (χ4n) is 4.74. The Labute approximate surface area is 207 Å². The molecule has 0 spiro atoms. The van der Waals surface area contributed by atoms with Gasteiger partial charge in [0, 0.05) is 41.7 Å². The molecule has 0 aromatic carbocycles. The molecule has 1 saturated heterocycles. The Kier molecular flexibility index (Phi) is 5.63. The van der Waals surface area contributed by atoms with Crippen LogP contribution >= 0.6 is 23.1 Å². The van der Waals surface area contributed by atoms with Gasteiger partial charge in [0.05, 0.1) is 17.3 Å². The molecule has 8 nitrogen and oxygen atoms in total. The Morgan fingerprint density at radius 1 is 1.18 bits per heavy atom. The lowest BCUT2D eigenvalue weighted by Gasteiger charge is -2.27. The Hall–Kier alpha value is -2.59. The molecule has 1 aliphatic heterocycles. The van der Waals surface area contributed by atoms with Crippen LogP contribution in [0.15, 0.2) is 45.3 Å². The van der Waals surface area contributed by atoms with E-state index in [1.165, 1.54) is 0 Å². The van der Waals surface area contributed by atoms with Crippen LogP contribution in [-0.2, 0) is 15.1 Å². The molecule has 1 saturated carbocycles. The van der Waals surface area contributed by atoms with Gasteiger partial charge in [-0.2, -0.15) is 0 Å². The number of hydrogen-bond acceptors (Lipinski definition) is 7. The summed E-state index contributed by atoms with van der Waals surface area (Å²) in [6.07, 6.45) is 5.33. The minimum absolute atomic E-state index is 0.0221. The number of amides is 2. The van der Waals surface area contributed by atoms with E-state index in [1.807, 2.05) is 62.9 Å². The number of pyridine rings is 1. The van der Waals surface area contributed by atoms with Crippen LogP contribution in [0.5, 0.6) is 0 Å². The topological polar surface area (TPSA) is 88.8 Å². The number of likely N-dealkylation sites (tertiary alicyclic amines) is 1. The zero-order chi connectivity index (χ0) is 24.3. The van der Waals surface area contributed by atoms with Crippen LogP contribution < -0.4 is 5.32 Å². The van der Waals surface area contributed by atoms with Crippen LogP contribution in [0, 0.1) is 17.8 Å². The zero-order valence-electron chi connectivity index (χ0n) is 19.9. The number of hydrogen-bond donors (Lipinski definition) is 1. The Bertz CT molecular complexity index is 1220. The van der Waals surface area contributed by atoms with Crippen LogP contribution in [0.3, 0.4) is 0 Å². The molecule has 34 heavy (non-hydrogen) atoms. The number of ether oxygens (including phenoxy) is 1. The molecule has 1 N–H and O–H groups in total. The van der Waals surface area contributed by atoms with E-state index in [0.717, 1.165) is 20.6 Å². The normalized spacial score (nSPS) is 22.0. The molecule has 2 fully saturated rings. The second kappa shape index (κ2) is 8.27. The van der Waals surface area contributed by atoms with Crippen molar-refractivity contribution in [3.8, 4) is 0 Å². The number of carbonyl (C=O) groups excluding carboxylic acids is 2. The molecule has 4 heterocycles. The quantitative estimate of drug-likeness (QED) is 0.560. The molecule has 1 aliphatic carbocycles. The average molecular weight is 500 g/mol. The van der Waals surface area contributed by atoms with Crippen molar-refractivity contribution in [3.63, 3.8) is 0 Å². The van der Waals surface area contributed by atoms with Gasteiger partial charge in [-0.1, -0.05) is 11.8 Å². The van der Waals surface area contributed by atoms with Crippen molar-refractivity contribution in [1.82, 2.24) is 24.6 Å². The van der Waals surface area contributed by atoms with Gasteiger partial charge in [0.15, 0.2) is 4.34 Å². The van der Waals surface area contributed by atoms with E-state index in [2.05, 4.69) is 21.4 Å². The molecule has 0 radical (unpaired) electrons. The summed E-state index contributed by atoms with van der Waals surface area (Å²) in [5.74, 6) is 1.12. The van der Waals surface area contributed by atoms with Crippen LogP contribution in [0.2, 0.25) is 0 Å². The molecule has 10 heteroatoms. The van der Waals surface area contributed by atoms with E-state index in [1.54, 1.807) is 34.2 Å². The third-order valence-electron chi connectivity index (χ3n) is 6.28. The number of aromatic nitrogens is 3. The first kappa shape index (κ1) is 23.2. The first-order chi connectivity index (χ1) is 16.0. The molecule has 0 unspecified atom stereocenters. The summed E-state index contributed by atoms with van der Waals surface area (Å²) >= 11 is 3.21. The van der Waals surface area contributed by atoms with E-state index >= 15 is 0 Å². The van der Waals surface area contributed by atoms with E-state index in [-0.39, 0.29) is 29.8 Å². The van der Waals surface area contributed by atoms with Crippen LogP contribution in [-0.4, -0.2) is 50.0 Å². The lowest BCUT2D eigenvalue weighted by molar-refractivity contribution is -0.125. The fourth-order valence-corrected chi connectivity index (χ4v) is 6.43. The number of carbonyl (C=O) groups is 2. The maximum absolute atomic E-state index is 13.2. The smallest absolute Gasteiger partial charge is 0.410 e. The minimum atomic E-state index is -0.657. The third kappa shape index (κ3) is 4.40. The molecular formula is C24H29N5O3S2. The van der Waals surface area contributed by atoms with E-state index in [0.29, 0.717) is 13.1 Å². The summed E-state index contributed by atoms with van der Waals surface area (Å²) in [6.45, 7) is 10.7. The van der Waals surface area contributed by atoms with Crippen molar-refractivity contribution < 1.29 is 14.3 Å². The van der Waals surface area contributed by atoms with Gasteiger partial charge in [-0.25, -0.2) is 14.8 Å². The average Bonchev–Trinajstić information content (AvgIpc) is 3.22. The van der Waals surface area contributed by atoms with E-state index in [9.17, 15) is 9.59 Å². The van der Waals surface area contributed by atoms with E-state index < -0.39 is 11.1 Å². The first-order valence-corrected chi connectivity index (χ1v) is 13.1. The highest BCUT2D eigenvalue weighted by molar-refractivity contribution is 8.01. The Morgan fingerprint density at radius 2 is 1.91 bits per heavy atom. The fraction of sp³-hybridized carbons (Fsp3) is 0.500. The van der Waals surface area contributed by atoms with Crippen LogP contribution in [0.1, 0.15) is 40.4 Å². The number of thiazole rings is 1. The van der Waals surface area contributed by atoms with Crippen molar-refractivity contribution >= 4 is 40.6 Å². The molecule has 5 rings (SSSR count). The first-order valence-electron chi connectivity index (χ1n) is 11.4. The predicted octanol–water partition coefficient (Wildman–Crippen LogP) is 4.41. The molecular weight excluding hydrogens is 470 g/mol. The number of nitrogens with zero attached hydrogens (tertiary/aromatic N) is 4. The van der Waals surface area contributed by atoms with Gasteiger partial charge in [-0.05, 0) is 58.6 Å². The van der Waals surface area contributed by atoms with Crippen molar-refractivity contribution in [2.24, 2.45) is 17.8 Å². The maximum Gasteiger partial charge on any atom is 0.410 e. The monoisotopic (exact) mass is 499 g/mol. The summed E-state index contributed by atoms with van der Waals surface area (Å²) in [6, 6.07) is 4.04. The van der Waals surface area contributed by atoms with Gasteiger partial charge < -0.3 is 19.4 Å². The molecule has 3 aromatic heterocycles. The third-order valence-corrected chi connectivity index (χ3v) is 8.23. The van der Waals surface area contributed by atoms with Crippen molar-refractivity contribution in [2.45, 2.75) is 55.0 Å². The molecule has 0 bridgehead atoms. The highest BCUT2D eigenvalue weighted by atomic mass is 32.2. The molecule has 2 aliphatic rings. The predicted molar refractivity (Wildman–Crippen MR) is 131 cm³/mol. The number of nitrogens with one attached hydrogen (secondary N) is 1. The second-order valence-electron chi connectivity index (χ2n) is 10.5. The molecule has 180 valence electrons. The molecule has 3 aromatic rings.